The average Bonchev–Trinajstić information content (AvgIpc) is 2.70. The largest absolute Gasteiger partial charge is 0.488 e. The van der Waals surface area contributed by atoms with E-state index in [2.05, 4.69) is 56.4 Å². The topological polar surface area (TPSA) is 24.5 Å². The number of nitrogens with one attached hydrogen (secondary N) is 1. The minimum Gasteiger partial charge on any atom is -0.488 e. The van der Waals surface area contributed by atoms with E-state index in [0.29, 0.717) is 0 Å². The van der Waals surface area contributed by atoms with Crippen molar-refractivity contribution in [1.82, 2.24) is 10.2 Å². The van der Waals surface area contributed by atoms with Gasteiger partial charge >= 0.3 is 0 Å². The van der Waals surface area contributed by atoms with E-state index in [0.717, 1.165) is 25.3 Å². The van der Waals surface area contributed by atoms with E-state index < -0.39 is 0 Å². The zero-order chi connectivity index (χ0) is 13.2. The molecule has 0 amide bonds. The lowest BCUT2D eigenvalue weighted by atomic mass is 10.0. The molecule has 1 N–H and O–H groups in total. The fourth-order valence-electron chi connectivity index (χ4n) is 2.06. The van der Waals surface area contributed by atoms with Crippen LogP contribution in [0.25, 0.3) is 0 Å². The highest BCUT2D eigenvalue weighted by Crippen LogP contribution is 2.27. The summed E-state index contributed by atoms with van der Waals surface area (Å²) in [5, 5.41) is 3.52. The second-order valence-electron chi connectivity index (χ2n) is 5.89. The minimum absolute atomic E-state index is 0.172. The van der Waals surface area contributed by atoms with Gasteiger partial charge in [-0.05, 0) is 39.6 Å². The molecule has 0 bridgehead atoms. The standard InChI is InChI=1S/C15H24N2O/c1-15(2,17(3)4)11-16-10-13-9-12-7-5-6-8-14(12)18-13/h5-8,13,16H,9-11H2,1-4H3. The molecule has 1 atom stereocenters. The Labute approximate surface area is 110 Å². The van der Waals surface area contributed by atoms with E-state index in [1.165, 1.54) is 5.56 Å². The Bertz CT molecular complexity index is 376. The molecule has 18 heavy (non-hydrogen) atoms. The maximum absolute atomic E-state index is 5.91. The summed E-state index contributed by atoms with van der Waals surface area (Å²) in [5.41, 5.74) is 1.50. The molecule has 3 nitrogen and oxygen atoms in total. The van der Waals surface area contributed by atoms with Gasteiger partial charge in [0.1, 0.15) is 11.9 Å². The van der Waals surface area contributed by atoms with E-state index in [-0.39, 0.29) is 11.6 Å². The highest BCUT2D eigenvalue weighted by Gasteiger charge is 2.24. The molecule has 0 aromatic heterocycles. The van der Waals surface area contributed by atoms with Crippen LogP contribution in [-0.4, -0.2) is 43.7 Å². The number of hydrogen-bond acceptors (Lipinski definition) is 3. The van der Waals surface area contributed by atoms with Gasteiger partial charge in [-0.1, -0.05) is 18.2 Å². The average molecular weight is 248 g/mol. The van der Waals surface area contributed by atoms with Crippen molar-refractivity contribution < 1.29 is 4.74 Å². The number of likely N-dealkylation sites (N-methyl/N-ethyl adjacent to an activating group) is 1. The van der Waals surface area contributed by atoms with Crippen LogP contribution in [0.5, 0.6) is 5.75 Å². The van der Waals surface area contributed by atoms with E-state index in [9.17, 15) is 0 Å². The normalized spacial score (nSPS) is 18.8. The SMILES string of the molecule is CN(C)C(C)(C)CNCC1Cc2ccccc2O1. The molecule has 0 fully saturated rings. The predicted octanol–water partition coefficient (Wildman–Crippen LogP) is 1.92. The molecule has 0 saturated heterocycles. The number of nitrogens with zero attached hydrogens (tertiary/aromatic N) is 1. The van der Waals surface area contributed by atoms with E-state index in [1.54, 1.807) is 0 Å². The van der Waals surface area contributed by atoms with Crippen molar-refractivity contribution in [3.63, 3.8) is 0 Å². The third-order valence-electron chi connectivity index (χ3n) is 3.85. The lowest BCUT2D eigenvalue weighted by molar-refractivity contribution is 0.174. The van der Waals surface area contributed by atoms with Crippen molar-refractivity contribution in [2.45, 2.75) is 31.9 Å². The monoisotopic (exact) mass is 248 g/mol. The smallest absolute Gasteiger partial charge is 0.123 e. The molecule has 0 saturated carbocycles. The molecule has 1 aliphatic rings. The summed E-state index contributed by atoms with van der Waals surface area (Å²) in [5.74, 6) is 1.05. The summed E-state index contributed by atoms with van der Waals surface area (Å²) in [6.07, 6.45) is 1.30. The highest BCUT2D eigenvalue weighted by molar-refractivity contribution is 5.37. The van der Waals surface area contributed by atoms with Crippen molar-refractivity contribution in [2.75, 3.05) is 27.2 Å². The second kappa shape index (κ2) is 5.29. The summed E-state index contributed by atoms with van der Waals surface area (Å²) in [7, 11) is 4.23. The Morgan fingerprint density at radius 1 is 1.33 bits per heavy atom. The third-order valence-corrected chi connectivity index (χ3v) is 3.85. The fraction of sp³-hybridized carbons (Fsp3) is 0.600. The maximum atomic E-state index is 5.91. The lowest BCUT2D eigenvalue weighted by Gasteiger charge is -2.33. The zero-order valence-electron chi connectivity index (χ0n) is 11.9. The number of fused-ring (bicyclic) bond motifs is 1. The lowest BCUT2D eigenvalue weighted by Crippen LogP contribution is -2.48. The van der Waals surface area contributed by atoms with Crippen molar-refractivity contribution in [3.8, 4) is 5.75 Å². The van der Waals surface area contributed by atoms with Crippen LogP contribution in [0.1, 0.15) is 19.4 Å². The summed E-state index contributed by atoms with van der Waals surface area (Å²) >= 11 is 0. The van der Waals surface area contributed by atoms with Crippen LogP contribution in [0.15, 0.2) is 24.3 Å². The molecule has 2 rings (SSSR count). The molecule has 0 spiro atoms. The van der Waals surface area contributed by atoms with Crippen molar-refractivity contribution >= 4 is 0 Å². The quantitative estimate of drug-likeness (QED) is 0.861. The van der Waals surface area contributed by atoms with Crippen LogP contribution in [0, 0.1) is 0 Å². The van der Waals surface area contributed by atoms with Crippen molar-refractivity contribution in [3.05, 3.63) is 29.8 Å². The van der Waals surface area contributed by atoms with Gasteiger partial charge in [-0.2, -0.15) is 0 Å². The Balaban J connectivity index is 1.78. The van der Waals surface area contributed by atoms with Crippen LogP contribution >= 0.6 is 0 Å². The maximum Gasteiger partial charge on any atom is 0.123 e. The highest BCUT2D eigenvalue weighted by atomic mass is 16.5. The molecule has 0 aliphatic carbocycles. The second-order valence-corrected chi connectivity index (χ2v) is 5.89. The van der Waals surface area contributed by atoms with Crippen LogP contribution < -0.4 is 10.1 Å². The van der Waals surface area contributed by atoms with Gasteiger partial charge in [0.25, 0.3) is 0 Å². The Morgan fingerprint density at radius 3 is 2.72 bits per heavy atom. The number of hydrogen-bond donors (Lipinski definition) is 1. The van der Waals surface area contributed by atoms with Gasteiger partial charge in [0.15, 0.2) is 0 Å². The number of para-hydroxylation sites is 1. The molecular formula is C15H24N2O. The summed E-state index contributed by atoms with van der Waals surface area (Å²) < 4.78 is 5.91. The first-order valence-electron chi connectivity index (χ1n) is 6.62. The van der Waals surface area contributed by atoms with Crippen molar-refractivity contribution in [1.29, 1.82) is 0 Å². The first kappa shape index (κ1) is 13.4. The van der Waals surface area contributed by atoms with Crippen molar-refractivity contribution in [2.24, 2.45) is 0 Å². The third kappa shape index (κ3) is 3.03. The Hall–Kier alpha value is -1.06. The van der Waals surface area contributed by atoms with Gasteiger partial charge in [-0.15, -0.1) is 0 Å². The van der Waals surface area contributed by atoms with Crippen LogP contribution in [-0.2, 0) is 6.42 Å². The molecule has 0 radical (unpaired) electrons. The molecule has 1 aliphatic heterocycles. The first-order chi connectivity index (χ1) is 8.49. The van der Waals surface area contributed by atoms with Gasteiger partial charge in [0.2, 0.25) is 0 Å². The molecule has 1 unspecified atom stereocenters. The van der Waals surface area contributed by atoms with Crippen LogP contribution in [0.2, 0.25) is 0 Å². The molecule has 1 aromatic carbocycles. The predicted molar refractivity (Wildman–Crippen MR) is 75.2 cm³/mol. The molecule has 100 valence electrons. The zero-order valence-corrected chi connectivity index (χ0v) is 11.9. The number of benzene rings is 1. The fourth-order valence-corrected chi connectivity index (χ4v) is 2.06. The summed E-state index contributed by atoms with van der Waals surface area (Å²) in [6.45, 7) is 6.36. The van der Waals surface area contributed by atoms with E-state index >= 15 is 0 Å². The van der Waals surface area contributed by atoms with Crippen LogP contribution in [0.4, 0.5) is 0 Å². The Morgan fingerprint density at radius 2 is 2.06 bits per heavy atom. The van der Waals surface area contributed by atoms with Gasteiger partial charge in [0.05, 0.1) is 0 Å². The molecular weight excluding hydrogens is 224 g/mol. The van der Waals surface area contributed by atoms with Gasteiger partial charge < -0.3 is 15.0 Å². The first-order valence-corrected chi connectivity index (χ1v) is 6.62. The van der Waals surface area contributed by atoms with Crippen LogP contribution in [0.3, 0.4) is 0 Å². The minimum atomic E-state index is 0.172. The van der Waals surface area contributed by atoms with E-state index in [4.69, 9.17) is 4.74 Å². The molecule has 1 heterocycles. The van der Waals surface area contributed by atoms with E-state index in [1.807, 2.05) is 6.07 Å². The molecule has 1 aromatic rings. The molecule has 3 heteroatoms. The van der Waals surface area contributed by atoms with Gasteiger partial charge in [0, 0.05) is 25.0 Å². The summed E-state index contributed by atoms with van der Waals surface area (Å²) in [6, 6.07) is 8.31. The summed E-state index contributed by atoms with van der Waals surface area (Å²) in [4.78, 5) is 2.24. The number of ether oxygens (including phenoxy) is 1. The van der Waals surface area contributed by atoms with Gasteiger partial charge in [-0.3, -0.25) is 0 Å². The van der Waals surface area contributed by atoms with Gasteiger partial charge in [-0.25, -0.2) is 0 Å². The Kier molecular flexibility index (Phi) is 3.93. The number of rotatable bonds is 5.